The minimum atomic E-state index is -4.90. The first-order valence-electron chi connectivity index (χ1n) is 8.79. The predicted octanol–water partition coefficient (Wildman–Crippen LogP) is 6.29. The Morgan fingerprint density at radius 3 is 2.15 bits per heavy atom. The van der Waals surface area contributed by atoms with Gasteiger partial charge in [0.2, 0.25) is 0 Å². The maximum atomic E-state index is 13.2. The van der Waals surface area contributed by atoms with Gasteiger partial charge in [0.05, 0.1) is 20.5 Å². The lowest BCUT2D eigenvalue weighted by atomic mass is 10.1. The Kier molecular flexibility index (Phi) is 8.22. The van der Waals surface area contributed by atoms with Crippen LogP contribution in [0.1, 0.15) is 25.1 Å². The maximum absolute atomic E-state index is 13.2. The summed E-state index contributed by atoms with van der Waals surface area (Å²) < 4.78 is 84.4. The van der Waals surface area contributed by atoms with Crippen molar-refractivity contribution in [1.29, 1.82) is 5.26 Å². The van der Waals surface area contributed by atoms with E-state index in [2.05, 4.69) is 10.4 Å². The van der Waals surface area contributed by atoms with E-state index in [1.807, 2.05) is 0 Å². The lowest BCUT2D eigenvalue weighted by Gasteiger charge is -2.20. The van der Waals surface area contributed by atoms with Crippen molar-refractivity contribution in [3.05, 3.63) is 33.4 Å². The SMILES string of the molecule is COC(C(=O)Nc1c(SC(F)(F)F)c(C#N)nn1-c1c(Cl)cc(C(F)(F)F)cc1Cl)C(C)C. The van der Waals surface area contributed by atoms with E-state index in [-0.39, 0.29) is 0 Å². The van der Waals surface area contributed by atoms with Gasteiger partial charge >= 0.3 is 11.7 Å². The summed E-state index contributed by atoms with van der Waals surface area (Å²) in [7, 11) is 1.21. The average Bonchev–Trinajstić information content (AvgIpc) is 2.96. The van der Waals surface area contributed by atoms with E-state index < -0.39 is 79.1 Å². The number of nitrogens with zero attached hydrogens (tertiary/aromatic N) is 3. The number of amides is 1. The van der Waals surface area contributed by atoms with Gasteiger partial charge in [0.1, 0.15) is 17.9 Å². The molecule has 1 amide bonds. The van der Waals surface area contributed by atoms with Gasteiger partial charge in [-0.2, -0.15) is 36.7 Å². The third-order valence-electron chi connectivity index (χ3n) is 4.08. The molecule has 1 atom stereocenters. The van der Waals surface area contributed by atoms with Crippen LogP contribution < -0.4 is 5.32 Å². The molecular formula is C18H14Cl2F6N4O2S. The zero-order valence-electron chi connectivity index (χ0n) is 16.9. The van der Waals surface area contributed by atoms with E-state index in [4.69, 9.17) is 27.9 Å². The fourth-order valence-corrected chi connectivity index (χ4v) is 4.06. The number of benzene rings is 1. The molecule has 33 heavy (non-hydrogen) atoms. The Hall–Kier alpha value is -2.14. The fourth-order valence-electron chi connectivity index (χ4n) is 2.76. The minimum Gasteiger partial charge on any atom is -0.371 e. The quantitative estimate of drug-likeness (QED) is 0.348. The van der Waals surface area contributed by atoms with E-state index in [9.17, 15) is 36.4 Å². The monoisotopic (exact) mass is 534 g/mol. The Balaban J connectivity index is 2.78. The summed E-state index contributed by atoms with van der Waals surface area (Å²) in [5.74, 6) is -1.95. The summed E-state index contributed by atoms with van der Waals surface area (Å²) in [5, 5.41) is 14.0. The molecule has 1 N–H and O–H groups in total. The first-order chi connectivity index (χ1) is 15.1. The number of anilines is 1. The van der Waals surface area contributed by atoms with Gasteiger partial charge in [0.15, 0.2) is 11.5 Å². The van der Waals surface area contributed by atoms with Crippen LogP contribution in [0.2, 0.25) is 10.0 Å². The lowest BCUT2D eigenvalue weighted by molar-refractivity contribution is -0.137. The summed E-state index contributed by atoms with van der Waals surface area (Å²) in [6.45, 7) is 3.22. The van der Waals surface area contributed by atoms with Gasteiger partial charge < -0.3 is 10.1 Å². The Labute approximate surface area is 197 Å². The molecule has 0 aliphatic rings. The van der Waals surface area contributed by atoms with Crippen molar-refractivity contribution in [3.63, 3.8) is 0 Å². The number of thioether (sulfide) groups is 1. The summed E-state index contributed by atoms with van der Waals surface area (Å²) in [6.07, 6.45) is -5.92. The largest absolute Gasteiger partial charge is 0.446 e. The van der Waals surface area contributed by atoms with Crippen LogP contribution in [0, 0.1) is 17.2 Å². The molecule has 0 fully saturated rings. The van der Waals surface area contributed by atoms with E-state index in [1.54, 1.807) is 13.8 Å². The van der Waals surface area contributed by atoms with Gasteiger partial charge in [-0.25, -0.2) is 4.68 Å². The molecule has 1 aromatic carbocycles. The zero-order valence-corrected chi connectivity index (χ0v) is 19.2. The van der Waals surface area contributed by atoms with Crippen LogP contribution in [-0.2, 0) is 15.7 Å². The van der Waals surface area contributed by atoms with Crippen LogP contribution in [0.4, 0.5) is 32.2 Å². The van der Waals surface area contributed by atoms with Gasteiger partial charge in [-0.15, -0.1) is 0 Å². The highest BCUT2D eigenvalue weighted by Crippen LogP contribution is 2.45. The first kappa shape index (κ1) is 27.1. The predicted molar refractivity (Wildman–Crippen MR) is 109 cm³/mol. The second-order valence-electron chi connectivity index (χ2n) is 6.77. The summed E-state index contributed by atoms with van der Waals surface area (Å²) >= 11 is 11.2. The number of aromatic nitrogens is 2. The molecule has 0 aliphatic carbocycles. The van der Waals surface area contributed by atoms with Gasteiger partial charge in [0.25, 0.3) is 5.91 Å². The molecular weight excluding hydrogens is 521 g/mol. The van der Waals surface area contributed by atoms with E-state index >= 15 is 0 Å². The van der Waals surface area contributed by atoms with Crippen LogP contribution >= 0.6 is 35.0 Å². The van der Waals surface area contributed by atoms with Crippen molar-refractivity contribution in [2.45, 2.75) is 36.5 Å². The Morgan fingerprint density at radius 1 is 1.21 bits per heavy atom. The molecule has 0 aliphatic heterocycles. The van der Waals surface area contributed by atoms with Crippen molar-refractivity contribution >= 4 is 46.7 Å². The molecule has 1 heterocycles. The third kappa shape index (κ3) is 6.26. The lowest BCUT2D eigenvalue weighted by Crippen LogP contribution is -2.34. The van der Waals surface area contributed by atoms with Crippen LogP contribution in [-0.4, -0.2) is 34.4 Å². The number of alkyl halides is 6. The minimum absolute atomic E-state index is 0.404. The number of nitriles is 1. The van der Waals surface area contributed by atoms with Crippen molar-refractivity contribution in [2.75, 3.05) is 12.4 Å². The van der Waals surface area contributed by atoms with Crippen molar-refractivity contribution < 1.29 is 35.9 Å². The molecule has 2 aromatic rings. The van der Waals surface area contributed by atoms with Crippen LogP contribution in [0.25, 0.3) is 5.69 Å². The van der Waals surface area contributed by atoms with Crippen LogP contribution in [0.3, 0.4) is 0 Å². The zero-order chi connectivity index (χ0) is 25.3. The number of nitrogens with one attached hydrogen (secondary N) is 1. The molecule has 6 nitrogen and oxygen atoms in total. The Morgan fingerprint density at radius 2 is 1.76 bits per heavy atom. The topological polar surface area (TPSA) is 79.9 Å². The molecule has 1 aromatic heterocycles. The van der Waals surface area contributed by atoms with E-state index in [1.165, 1.54) is 13.2 Å². The molecule has 1 unspecified atom stereocenters. The van der Waals surface area contributed by atoms with Gasteiger partial charge in [-0.3, -0.25) is 4.79 Å². The molecule has 0 bridgehead atoms. The number of carbonyl (C=O) groups is 1. The summed E-state index contributed by atoms with van der Waals surface area (Å²) in [4.78, 5) is 11.9. The Bertz CT molecular complexity index is 1070. The van der Waals surface area contributed by atoms with Gasteiger partial charge in [-0.1, -0.05) is 37.0 Å². The van der Waals surface area contributed by atoms with Crippen molar-refractivity contribution in [1.82, 2.24) is 9.78 Å². The average molecular weight is 535 g/mol. The number of hydrogen-bond acceptors (Lipinski definition) is 5. The van der Waals surface area contributed by atoms with Crippen molar-refractivity contribution in [3.8, 4) is 11.8 Å². The molecule has 180 valence electrons. The number of ether oxygens (including phenoxy) is 1. The standard InChI is InChI=1S/C18H14Cl2F6N4O2S/c1-7(2)13(32-3)16(31)28-15-14(33-18(24,25)26)11(6-27)29-30(15)12-9(19)4-8(5-10(12)20)17(21,22)23/h4-5,7,13H,1-3H3,(H,28,31). The van der Waals surface area contributed by atoms with Crippen molar-refractivity contribution in [2.24, 2.45) is 5.92 Å². The smallest absolute Gasteiger partial charge is 0.371 e. The van der Waals surface area contributed by atoms with Crippen LogP contribution in [0.15, 0.2) is 17.0 Å². The van der Waals surface area contributed by atoms with E-state index in [0.717, 1.165) is 0 Å². The number of carbonyl (C=O) groups excluding carboxylic acids is 1. The number of rotatable bonds is 6. The van der Waals surface area contributed by atoms with Crippen LogP contribution in [0.5, 0.6) is 0 Å². The number of hydrogen-bond donors (Lipinski definition) is 1. The third-order valence-corrected chi connectivity index (χ3v) is 5.48. The second-order valence-corrected chi connectivity index (χ2v) is 8.66. The molecule has 15 heteroatoms. The van der Waals surface area contributed by atoms with Gasteiger partial charge in [-0.05, 0) is 29.8 Å². The molecule has 2 rings (SSSR count). The molecule has 0 radical (unpaired) electrons. The molecule has 0 spiro atoms. The molecule has 0 saturated heterocycles. The number of methoxy groups -OCH3 is 1. The highest BCUT2D eigenvalue weighted by Gasteiger charge is 2.37. The highest BCUT2D eigenvalue weighted by molar-refractivity contribution is 8.00. The second kappa shape index (κ2) is 10.0. The summed E-state index contributed by atoms with van der Waals surface area (Å²) in [6, 6.07) is 2.44. The van der Waals surface area contributed by atoms with E-state index in [0.29, 0.717) is 16.8 Å². The number of halogens is 8. The maximum Gasteiger partial charge on any atom is 0.446 e. The normalized spacial score (nSPS) is 13.2. The van der Waals surface area contributed by atoms with Gasteiger partial charge in [0, 0.05) is 7.11 Å². The first-order valence-corrected chi connectivity index (χ1v) is 10.4. The highest BCUT2D eigenvalue weighted by atomic mass is 35.5. The summed E-state index contributed by atoms with van der Waals surface area (Å²) in [5.41, 5.74) is -7.35. The molecule has 0 saturated carbocycles. The fraction of sp³-hybridized carbons (Fsp3) is 0.389.